The highest BCUT2D eigenvalue weighted by Crippen LogP contribution is 2.21. The quantitative estimate of drug-likeness (QED) is 0.801. The molecular formula is C13H11F2N3S. The van der Waals surface area contributed by atoms with Crippen molar-refractivity contribution in [3.8, 4) is 0 Å². The van der Waals surface area contributed by atoms with Gasteiger partial charge in [-0.2, -0.15) is 0 Å². The average molecular weight is 279 g/mol. The molecule has 98 valence electrons. The van der Waals surface area contributed by atoms with Crippen molar-refractivity contribution in [1.29, 1.82) is 0 Å². The predicted octanol–water partition coefficient (Wildman–Crippen LogP) is 2.92. The van der Waals surface area contributed by atoms with Gasteiger partial charge in [0, 0.05) is 41.9 Å². The van der Waals surface area contributed by atoms with Crippen molar-refractivity contribution in [3.05, 3.63) is 58.9 Å². The molecule has 0 aliphatic rings. The summed E-state index contributed by atoms with van der Waals surface area (Å²) in [6, 6.07) is 2.91. The van der Waals surface area contributed by atoms with Crippen LogP contribution in [0.3, 0.4) is 0 Å². The summed E-state index contributed by atoms with van der Waals surface area (Å²) < 4.78 is 28.3. The Morgan fingerprint density at radius 2 is 2.21 bits per heavy atom. The van der Waals surface area contributed by atoms with Gasteiger partial charge in [0.1, 0.15) is 11.6 Å². The fraction of sp³-hybridized carbons (Fsp3) is 0.154. The van der Waals surface area contributed by atoms with Gasteiger partial charge in [0.15, 0.2) is 4.96 Å². The summed E-state index contributed by atoms with van der Waals surface area (Å²) in [5.74, 6) is -1.22. The Morgan fingerprint density at radius 3 is 2.95 bits per heavy atom. The summed E-state index contributed by atoms with van der Waals surface area (Å²) in [6.07, 6.45) is 4.19. The number of rotatable bonds is 3. The lowest BCUT2D eigenvalue weighted by Crippen LogP contribution is -2.15. The number of aromatic nitrogens is 2. The van der Waals surface area contributed by atoms with E-state index in [0.29, 0.717) is 12.0 Å². The van der Waals surface area contributed by atoms with Gasteiger partial charge in [0.25, 0.3) is 0 Å². The fourth-order valence-corrected chi connectivity index (χ4v) is 2.73. The van der Waals surface area contributed by atoms with Crippen molar-refractivity contribution in [3.63, 3.8) is 0 Å². The van der Waals surface area contributed by atoms with Crippen LogP contribution in [0.2, 0.25) is 0 Å². The molecule has 0 spiro atoms. The number of benzene rings is 1. The number of nitrogens with two attached hydrogens (primary N) is 1. The molecule has 1 unspecified atom stereocenters. The van der Waals surface area contributed by atoms with Gasteiger partial charge in [-0.05, 0) is 6.07 Å². The SMILES string of the molecule is NC(Cc1cn2ccsc2n1)c1ccc(F)cc1F. The maximum absolute atomic E-state index is 13.6. The molecule has 0 aliphatic carbocycles. The topological polar surface area (TPSA) is 43.3 Å². The van der Waals surface area contributed by atoms with E-state index in [-0.39, 0.29) is 0 Å². The van der Waals surface area contributed by atoms with Gasteiger partial charge in [-0.25, -0.2) is 13.8 Å². The second-order valence-corrected chi connectivity index (χ2v) is 5.17. The van der Waals surface area contributed by atoms with Crippen LogP contribution in [0.5, 0.6) is 0 Å². The van der Waals surface area contributed by atoms with Gasteiger partial charge < -0.3 is 5.73 Å². The number of nitrogens with zero attached hydrogens (tertiary/aromatic N) is 2. The van der Waals surface area contributed by atoms with Crippen molar-refractivity contribution in [2.24, 2.45) is 5.73 Å². The van der Waals surface area contributed by atoms with Crippen LogP contribution in [0.4, 0.5) is 8.78 Å². The first-order valence-electron chi connectivity index (χ1n) is 5.75. The summed E-state index contributed by atoms with van der Waals surface area (Å²) >= 11 is 1.52. The number of hydrogen-bond acceptors (Lipinski definition) is 3. The maximum Gasteiger partial charge on any atom is 0.193 e. The van der Waals surface area contributed by atoms with E-state index in [1.807, 2.05) is 22.2 Å². The molecule has 3 aromatic rings. The van der Waals surface area contributed by atoms with E-state index in [4.69, 9.17) is 5.73 Å². The highest BCUT2D eigenvalue weighted by molar-refractivity contribution is 7.15. The fourth-order valence-electron chi connectivity index (χ4n) is 2.01. The van der Waals surface area contributed by atoms with Crippen LogP contribution >= 0.6 is 11.3 Å². The Balaban J connectivity index is 1.84. The normalized spacial score (nSPS) is 13.0. The Hall–Kier alpha value is -1.79. The molecule has 2 aromatic heterocycles. The maximum atomic E-state index is 13.6. The molecule has 0 saturated heterocycles. The van der Waals surface area contributed by atoms with Gasteiger partial charge >= 0.3 is 0 Å². The van der Waals surface area contributed by atoms with E-state index in [1.54, 1.807) is 0 Å². The van der Waals surface area contributed by atoms with Gasteiger partial charge in [-0.1, -0.05) is 6.07 Å². The Bertz CT molecular complexity index is 691. The Labute approximate surface area is 112 Å². The first kappa shape index (κ1) is 12.3. The van der Waals surface area contributed by atoms with E-state index in [1.165, 1.54) is 23.5 Å². The van der Waals surface area contributed by atoms with E-state index in [2.05, 4.69) is 4.98 Å². The van der Waals surface area contributed by atoms with E-state index in [0.717, 1.165) is 16.7 Å². The van der Waals surface area contributed by atoms with Crippen molar-refractivity contribution in [2.75, 3.05) is 0 Å². The smallest absolute Gasteiger partial charge is 0.193 e. The third-order valence-corrected chi connectivity index (χ3v) is 3.70. The standard InChI is InChI=1S/C13H11F2N3S/c14-8-1-2-10(11(15)5-8)12(16)6-9-7-18-3-4-19-13(18)17-9/h1-5,7,12H,6,16H2. The highest BCUT2D eigenvalue weighted by atomic mass is 32.1. The van der Waals surface area contributed by atoms with Crippen LogP contribution in [0.25, 0.3) is 4.96 Å². The summed E-state index contributed by atoms with van der Waals surface area (Å²) in [7, 11) is 0. The second kappa shape index (κ2) is 4.71. The average Bonchev–Trinajstić information content (AvgIpc) is 2.89. The van der Waals surface area contributed by atoms with Gasteiger partial charge in [-0.3, -0.25) is 4.40 Å². The molecule has 6 heteroatoms. The van der Waals surface area contributed by atoms with Crippen LogP contribution in [-0.2, 0) is 6.42 Å². The van der Waals surface area contributed by atoms with Crippen molar-refractivity contribution in [1.82, 2.24) is 9.38 Å². The lowest BCUT2D eigenvalue weighted by atomic mass is 10.0. The van der Waals surface area contributed by atoms with Crippen molar-refractivity contribution in [2.45, 2.75) is 12.5 Å². The second-order valence-electron chi connectivity index (χ2n) is 4.30. The zero-order valence-corrected chi connectivity index (χ0v) is 10.7. The largest absolute Gasteiger partial charge is 0.324 e. The van der Waals surface area contributed by atoms with Crippen molar-refractivity contribution < 1.29 is 8.78 Å². The molecule has 0 fully saturated rings. The first-order valence-corrected chi connectivity index (χ1v) is 6.63. The molecule has 1 aromatic carbocycles. The van der Waals surface area contributed by atoms with E-state index < -0.39 is 17.7 Å². The van der Waals surface area contributed by atoms with Crippen molar-refractivity contribution >= 4 is 16.3 Å². The molecule has 0 aliphatic heterocycles. The van der Waals surface area contributed by atoms with Crippen LogP contribution < -0.4 is 5.73 Å². The van der Waals surface area contributed by atoms with Crippen LogP contribution in [0.15, 0.2) is 36.0 Å². The molecular weight excluding hydrogens is 268 g/mol. The minimum absolute atomic E-state index is 0.303. The molecule has 0 bridgehead atoms. The zero-order valence-electron chi connectivity index (χ0n) is 9.88. The molecule has 2 N–H and O–H groups in total. The number of hydrogen-bond donors (Lipinski definition) is 1. The summed E-state index contributed by atoms with van der Waals surface area (Å²) in [4.78, 5) is 5.27. The van der Waals surface area contributed by atoms with Gasteiger partial charge in [0.05, 0.1) is 5.69 Å². The highest BCUT2D eigenvalue weighted by Gasteiger charge is 2.14. The number of halogens is 2. The van der Waals surface area contributed by atoms with Crippen LogP contribution in [-0.4, -0.2) is 9.38 Å². The third-order valence-electron chi connectivity index (χ3n) is 2.93. The summed E-state index contributed by atoms with van der Waals surface area (Å²) in [5.41, 5.74) is 7.06. The molecule has 0 amide bonds. The zero-order chi connectivity index (χ0) is 13.4. The molecule has 3 nitrogen and oxygen atoms in total. The Kier molecular flexibility index (Phi) is 3.04. The summed E-state index contributed by atoms with van der Waals surface area (Å²) in [5, 5.41) is 1.94. The number of fused-ring (bicyclic) bond motifs is 1. The molecule has 1 atom stereocenters. The molecule has 0 saturated carbocycles. The minimum Gasteiger partial charge on any atom is -0.324 e. The molecule has 2 heterocycles. The van der Waals surface area contributed by atoms with E-state index in [9.17, 15) is 8.78 Å². The lowest BCUT2D eigenvalue weighted by Gasteiger charge is -2.11. The number of imidazole rings is 1. The summed E-state index contributed by atoms with van der Waals surface area (Å²) in [6.45, 7) is 0. The van der Waals surface area contributed by atoms with Crippen LogP contribution in [0.1, 0.15) is 17.3 Å². The van der Waals surface area contributed by atoms with Gasteiger partial charge in [-0.15, -0.1) is 11.3 Å². The Morgan fingerprint density at radius 1 is 1.37 bits per heavy atom. The monoisotopic (exact) mass is 279 g/mol. The van der Waals surface area contributed by atoms with E-state index >= 15 is 0 Å². The number of thiazole rings is 1. The minimum atomic E-state index is -0.617. The molecule has 0 radical (unpaired) electrons. The predicted molar refractivity (Wildman–Crippen MR) is 70.1 cm³/mol. The third kappa shape index (κ3) is 2.36. The van der Waals surface area contributed by atoms with Gasteiger partial charge in [0.2, 0.25) is 0 Å². The molecule has 3 rings (SSSR count). The first-order chi connectivity index (χ1) is 9.13. The van der Waals surface area contributed by atoms with Crippen LogP contribution in [0, 0.1) is 11.6 Å². The lowest BCUT2D eigenvalue weighted by molar-refractivity contribution is 0.553. The molecule has 19 heavy (non-hydrogen) atoms.